The Morgan fingerprint density at radius 1 is 1.23 bits per heavy atom. The number of nitrogens with one attached hydrogen (secondary N) is 1. The Hall–Kier alpha value is -1.81. The van der Waals surface area contributed by atoms with Gasteiger partial charge in [-0.1, -0.05) is 6.92 Å². The first-order chi connectivity index (χ1) is 12.2. The van der Waals surface area contributed by atoms with Crippen LogP contribution in [-0.4, -0.2) is 78.5 Å². The number of rotatable bonds is 3. The zero-order valence-corrected chi connectivity index (χ0v) is 16.4. The van der Waals surface area contributed by atoms with E-state index in [4.69, 9.17) is 0 Å². The van der Waals surface area contributed by atoms with Crippen LogP contribution in [0.3, 0.4) is 0 Å². The van der Waals surface area contributed by atoms with E-state index < -0.39 is 0 Å². The number of carbonyl (C=O) groups excluding carboxylic acids is 2. The van der Waals surface area contributed by atoms with Crippen LogP contribution in [0.1, 0.15) is 33.1 Å². The topological polar surface area (TPSA) is 79.7 Å². The summed E-state index contributed by atoms with van der Waals surface area (Å²) in [5.74, 6) is 1.43. The van der Waals surface area contributed by atoms with Crippen LogP contribution in [0.15, 0.2) is 0 Å². The molecule has 0 bridgehead atoms. The van der Waals surface area contributed by atoms with Crippen LogP contribution in [-0.2, 0) is 4.79 Å². The van der Waals surface area contributed by atoms with Crippen molar-refractivity contribution in [1.29, 1.82) is 5.26 Å². The number of carbonyl (C=O) groups is 2. The Bertz CT molecular complexity index is 600. The Morgan fingerprint density at radius 3 is 2.38 bits per heavy atom. The van der Waals surface area contributed by atoms with Crippen LogP contribution >= 0.6 is 0 Å². The third-order valence-corrected chi connectivity index (χ3v) is 6.30. The molecule has 7 nitrogen and oxygen atoms in total. The van der Waals surface area contributed by atoms with E-state index in [2.05, 4.69) is 25.2 Å². The van der Waals surface area contributed by atoms with Gasteiger partial charge in [0.05, 0.1) is 12.6 Å². The van der Waals surface area contributed by atoms with Crippen molar-refractivity contribution in [3.8, 4) is 6.07 Å². The van der Waals surface area contributed by atoms with Gasteiger partial charge in [0.2, 0.25) is 5.91 Å². The maximum atomic E-state index is 12.6. The Kier molecular flexibility index (Phi) is 5.16. The molecule has 0 radical (unpaired) electrons. The fourth-order valence-electron chi connectivity index (χ4n) is 5.06. The summed E-state index contributed by atoms with van der Waals surface area (Å²) >= 11 is 0. The molecule has 2 saturated heterocycles. The molecule has 3 fully saturated rings. The van der Waals surface area contributed by atoms with Crippen LogP contribution in [0.4, 0.5) is 4.79 Å². The highest BCUT2D eigenvalue weighted by Gasteiger charge is 2.48. The fourth-order valence-corrected chi connectivity index (χ4v) is 5.06. The average Bonchev–Trinajstić information content (AvgIpc) is 3.22. The number of urea groups is 1. The summed E-state index contributed by atoms with van der Waals surface area (Å²) in [5.41, 5.74) is -0.0638. The first kappa shape index (κ1) is 19.0. The zero-order valence-electron chi connectivity index (χ0n) is 16.4. The van der Waals surface area contributed by atoms with Gasteiger partial charge in [0.15, 0.2) is 0 Å². The number of likely N-dealkylation sites (tertiary alicyclic amines) is 2. The van der Waals surface area contributed by atoms with Crippen LogP contribution in [0.25, 0.3) is 0 Å². The second kappa shape index (κ2) is 7.07. The minimum atomic E-state index is -0.277. The highest BCUT2D eigenvalue weighted by Crippen LogP contribution is 2.43. The monoisotopic (exact) mass is 361 g/mol. The lowest BCUT2D eigenvalue weighted by molar-refractivity contribution is -0.130. The molecule has 0 aromatic heterocycles. The number of fused-ring (bicyclic) bond motifs is 1. The van der Waals surface area contributed by atoms with Crippen molar-refractivity contribution in [1.82, 2.24) is 20.0 Å². The lowest BCUT2D eigenvalue weighted by Gasteiger charge is -2.30. The van der Waals surface area contributed by atoms with E-state index in [0.717, 1.165) is 32.4 Å². The van der Waals surface area contributed by atoms with Crippen molar-refractivity contribution in [3.63, 3.8) is 0 Å². The van der Waals surface area contributed by atoms with Crippen LogP contribution in [0, 0.1) is 29.1 Å². The summed E-state index contributed by atoms with van der Waals surface area (Å²) in [6.07, 6.45) is 2.75. The molecule has 26 heavy (non-hydrogen) atoms. The molecule has 1 N–H and O–H groups in total. The van der Waals surface area contributed by atoms with Gasteiger partial charge in [-0.05, 0) is 43.9 Å². The van der Waals surface area contributed by atoms with Gasteiger partial charge in [-0.25, -0.2) is 4.79 Å². The average molecular weight is 361 g/mol. The second-order valence-corrected chi connectivity index (χ2v) is 8.96. The fraction of sp³-hybridized carbons (Fsp3) is 0.842. The van der Waals surface area contributed by atoms with Crippen molar-refractivity contribution < 1.29 is 9.59 Å². The molecule has 3 rings (SSSR count). The molecule has 2 aliphatic heterocycles. The Morgan fingerprint density at radius 2 is 1.85 bits per heavy atom. The van der Waals surface area contributed by atoms with Crippen molar-refractivity contribution in [2.24, 2.45) is 17.8 Å². The molecular weight excluding hydrogens is 330 g/mol. The van der Waals surface area contributed by atoms with Crippen LogP contribution in [0.2, 0.25) is 0 Å². The second-order valence-electron chi connectivity index (χ2n) is 8.96. The maximum absolute atomic E-state index is 12.6. The van der Waals surface area contributed by atoms with Gasteiger partial charge < -0.3 is 20.0 Å². The van der Waals surface area contributed by atoms with E-state index in [9.17, 15) is 14.9 Å². The first-order valence-corrected chi connectivity index (χ1v) is 9.63. The van der Waals surface area contributed by atoms with E-state index in [1.807, 2.05) is 4.90 Å². The normalized spacial score (nSPS) is 36.1. The zero-order chi connectivity index (χ0) is 19.1. The predicted molar refractivity (Wildman–Crippen MR) is 98.2 cm³/mol. The molecule has 0 unspecified atom stereocenters. The van der Waals surface area contributed by atoms with E-state index in [0.29, 0.717) is 30.8 Å². The Balaban J connectivity index is 1.51. The van der Waals surface area contributed by atoms with Crippen molar-refractivity contribution >= 4 is 11.9 Å². The minimum absolute atomic E-state index is 0.0311. The number of hydrogen-bond donors (Lipinski definition) is 1. The maximum Gasteiger partial charge on any atom is 0.319 e. The van der Waals surface area contributed by atoms with Gasteiger partial charge in [0, 0.05) is 39.3 Å². The lowest BCUT2D eigenvalue weighted by atomic mass is 9.98. The number of amides is 3. The SMILES string of the molecule is C[C@H]1C[C@@H](C#N)N(C(=O)CN[C@]2(C)C[C@H]3CN(C(=O)N(C)C)C[C@H]3C2)C1. The van der Waals surface area contributed by atoms with E-state index in [1.54, 1.807) is 23.9 Å². The van der Waals surface area contributed by atoms with E-state index in [1.165, 1.54) is 0 Å². The predicted octanol–water partition coefficient (Wildman–Crippen LogP) is 1.12. The summed E-state index contributed by atoms with van der Waals surface area (Å²) in [7, 11) is 3.59. The molecule has 2 heterocycles. The summed E-state index contributed by atoms with van der Waals surface area (Å²) in [4.78, 5) is 30.0. The van der Waals surface area contributed by atoms with E-state index >= 15 is 0 Å². The highest BCUT2D eigenvalue weighted by atomic mass is 16.2. The molecule has 1 aliphatic carbocycles. The largest absolute Gasteiger partial charge is 0.331 e. The Labute approximate surface area is 156 Å². The summed E-state index contributed by atoms with van der Waals surface area (Å²) in [5, 5.41) is 12.7. The molecule has 0 spiro atoms. The number of nitrogens with zero attached hydrogens (tertiary/aromatic N) is 4. The molecule has 0 aromatic carbocycles. The highest BCUT2D eigenvalue weighted by molar-refractivity contribution is 5.79. The molecule has 144 valence electrons. The molecule has 1 saturated carbocycles. The number of hydrogen-bond acceptors (Lipinski definition) is 4. The van der Waals surface area contributed by atoms with Gasteiger partial charge >= 0.3 is 6.03 Å². The molecule has 3 amide bonds. The lowest BCUT2D eigenvalue weighted by Crippen LogP contribution is -2.49. The summed E-state index contributed by atoms with van der Waals surface area (Å²) in [6, 6.07) is 2.07. The van der Waals surface area contributed by atoms with Gasteiger partial charge in [-0.2, -0.15) is 5.26 Å². The minimum Gasteiger partial charge on any atom is -0.331 e. The third-order valence-electron chi connectivity index (χ3n) is 6.30. The third kappa shape index (κ3) is 3.66. The first-order valence-electron chi connectivity index (χ1n) is 9.63. The molecular formula is C19H31N5O2. The quantitative estimate of drug-likeness (QED) is 0.817. The van der Waals surface area contributed by atoms with Gasteiger partial charge in [0.25, 0.3) is 0 Å². The van der Waals surface area contributed by atoms with Crippen LogP contribution in [0.5, 0.6) is 0 Å². The van der Waals surface area contributed by atoms with Crippen LogP contribution < -0.4 is 5.32 Å². The summed E-state index contributed by atoms with van der Waals surface area (Å²) < 4.78 is 0. The standard InChI is InChI=1S/C19H31N5O2/c1-13-5-16(8-20)24(10-13)17(25)9-21-19(2)6-14-11-23(12-15(14)7-19)18(26)22(3)4/h13-16,21H,5-7,9-12H2,1-4H3/t13-,14-,15+,16-,19+/m0/s1. The van der Waals surface area contributed by atoms with Crippen molar-refractivity contribution in [2.45, 2.75) is 44.7 Å². The van der Waals surface area contributed by atoms with E-state index in [-0.39, 0.29) is 23.5 Å². The molecule has 5 atom stereocenters. The number of nitriles is 1. The van der Waals surface area contributed by atoms with Crippen molar-refractivity contribution in [3.05, 3.63) is 0 Å². The van der Waals surface area contributed by atoms with Gasteiger partial charge in [0.1, 0.15) is 6.04 Å². The van der Waals surface area contributed by atoms with Crippen molar-refractivity contribution in [2.75, 3.05) is 40.3 Å². The molecule has 0 aromatic rings. The van der Waals surface area contributed by atoms with Gasteiger partial charge in [-0.3, -0.25) is 4.79 Å². The smallest absolute Gasteiger partial charge is 0.319 e. The summed E-state index contributed by atoms with van der Waals surface area (Å²) in [6.45, 7) is 6.87. The molecule has 7 heteroatoms. The molecule has 3 aliphatic rings. The van der Waals surface area contributed by atoms with Gasteiger partial charge in [-0.15, -0.1) is 0 Å².